The second-order valence-corrected chi connectivity index (χ2v) is 6.76. The fourth-order valence-corrected chi connectivity index (χ4v) is 2.11. The van der Waals surface area contributed by atoms with Crippen molar-refractivity contribution >= 4 is 23.5 Å². The van der Waals surface area contributed by atoms with E-state index in [1.165, 1.54) is 0 Å². The molecule has 2 rings (SSSR count). The Kier molecular flexibility index (Phi) is 4.73. The molecule has 2 unspecified atom stereocenters. The molecule has 1 aliphatic rings. The summed E-state index contributed by atoms with van der Waals surface area (Å²) in [5, 5.41) is 14.5. The van der Waals surface area contributed by atoms with E-state index in [-0.39, 0.29) is 24.3 Å². The zero-order valence-corrected chi connectivity index (χ0v) is 13.6. The van der Waals surface area contributed by atoms with Crippen molar-refractivity contribution in [3.05, 3.63) is 29.8 Å². The van der Waals surface area contributed by atoms with Gasteiger partial charge in [0.05, 0.1) is 5.41 Å². The maximum absolute atomic E-state index is 12.0. The van der Waals surface area contributed by atoms with Crippen LogP contribution in [0.1, 0.15) is 37.6 Å². The SMILES string of the molecule is CC1CC1C(=O)Nc1ccc(C(=O)NCC(C)(C)C(=O)O)cc1. The van der Waals surface area contributed by atoms with Gasteiger partial charge in [0.2, 0.25) is 5.91 Å². The fourth-order valence-electron chi connectivity index (χ4n) is 2.11. The molecule has 0 aliphatic heterocycles. The Labute approximate surface area is 135 Å². The number of benzene rings is 1. The molecular weight excluding hydrogens is 296 g/mol. The first-order chi connectivity index (χ1) is 10.7. The second kappa shape index (κ2) is 6.40. The van der Waals surface area contributed by atoms with Gasteiger partial charge in [-0.2, -0.15) is 0 Å². The van der Waals surface area contributed by atoms with Crippen molar-refractivity contribution in [3.8, 4) is 0 Å². The first kappa shape index (κ1) is 17.0. The number of hydrogen-bond acceptors (Lipinski definition) is 3. The molecule has 6 heteroatoms. The third kappa shape index (κ3) is 4.31. The predicted molar refractivity (Wildman–Crippen MR) is 86.1 cm³/mol. The Hall–Kier alpha value is -2.37. The summed E-state index contributed by atoms with van der Waals surface area (Å²) in [4.78, 5) is 34.9. The zero-order chi connectivity index (χ0) is 17.2. The number of aliphatic carboxylic acids is 1. The molecule has 0 aromatic heterocycles. The molecule has 1 aromatic rings. The molecule has 0 saturated heterocycles. The average molecular weight is 318 g/mol. The van der Waals surface area contributed by atoms with E-state index in [2.05, 4.69) is 10.6 Å². The van der Waals surface area contributed by atoms with Crippen LogP contribution in [0.4, 0.5) is 5.69 Å². The van der Waals surface area contributed by atoms with Gasteiger partial charge in [-0.1, -0.05) is 6.92 Å². The summed E-state index contributed by atoms with van der Waals surface area (Å²) in [6.45, 7) is 5.18. The van der Waals surface area contributed by atoms with Crippen molar-refractivity contribution in [1.29, 1.82) is 0 Å². The van der Waals surface area contributed by atoms with Gasteiger partial charge >= 0.3 is 5.97 Å². The minimum Gasteiger partial charge on any atom is -0.481 e. The van der Waals surface area contributed by atoms with E-state index < -0.39 is 11.4 Å². The Morgan fingerprint density at radius 2 is 1.78 bits per heavy atom. The fraction of sp³-hybridized carbons (Fsp3) is 0.471. The van der Waals surface area contributed by atoms with Crippen molar-refractivity contribution in [2.24, 2.45) is 17.3 Å². The Bertz CT molecular complexity index is 622. The van der Waals surface area contributed by atoms with E-state index in [0.717, 1.165) is 6.42 Å². The van der Waals surface area contributed by atoms with E-state index in [1.54, 1.807) is 38.1 Å². The van der Waals surface area contributed by atoms with E-state index in [4.69, 9.17) is 5.11 Å². The maximum atomic E-state index is 12.0. The minimum atomic E-state index is -1.02. The third-order valence-electron chi connectivity index (χ3n) is 4.13. The third-order valence-corrected chi connectivity index (χ3v) is 4.13. The van der Waals surface area contributed by atoms with Crippen LogP contribution in [0.5, 0.6) is 0 Å². The van der Waals surface area contributed by atoms with Gasteiger partial charge in [0.15, 0.2) is 0 Å². The van der Waals surface area contributed by atoms with Crippen LogP contribution in [0.15, 0.2) is 24.3 Å². The van der Waals surface area contributed by atoms with Gasteiger partial charge in [-0.3, -0.25) is 14.4 Å². The van der Waals surface area contributed by atoms with Crippen molar-refractivity contribution in [1.82, 2.24) is 5.32 Å². The molecule has 0 heterocycles. The smallest absolute Gasteiger partial charge is 0.310 e. The molecular formula is C17H22N2O4. The van der Waals surface area contributed by atoms with Gasteiger partial charge in [-0.05, 0) is 50.5 Å². The summed E-state index contributed by atoms with van der Waals surface area (Å²) in [5.41, 5.74) is 0.0466. The summed E-state index contributed by atoms with van der Waals surface area (Å²) in [6, 6.07) is 6.55. The van der Waals surface area contributed by atoms with Crippen LogP contribution in [0.2, 0.25) is 0 Å². The molecule has 6 nitrogen and oxygen atoms in total. The quantitative estimate of drug-likeness (QED) is 0.748. The molecule has 0 bridgehead atoms. The van der Waals surface area contributed by atoms with Gasteiger partial charge in [0.1, 0.15) is 0 Å². The summed E-state index contributed by atoms with van der Waals surface area (Å²) in [7, 11) is 0. The molecule has 23 heavy (non-hydrogen) atoms. The molecule has 2 atom stereocenters. The highest BCUT2D eigenvalue weighted by Gasteiger charge is 2.39. The van der Waals surface area contributed by atoms with Gasteiger partial charge in [0.25, 0.3) is 5.91 Å². The number of carbonyl (C=O) groups is 3. The molecule has 3 N–H and O–H groups in total. The van der Waals surface area contributed by atoms with Crippen molar-refractivity contribution in [2.45, 2.75) is 27.2 Å². The number of anilines is 1. The van der Waals surface area contributed by atoms with Crippen LogP contribution >= 0.6 is 0 Å². The first-order valence-corrected chi connectivity index (χ1v) is 7.63. The Balaban J connectivity index is 1.90. The Morgan fingerprint density at radius 3 is 2.26 bits per heavy atom. The minimum absolute atomic E-state index is 0.0120. The molecule has 124 valence electrons. The Morgan fingerprint density at radius 1 is 1.22 bits per heavy atom. The highest BCUT2D eigenvalue weighted by molar-refractivity contribution is 5.97. The normalized spacial score (nSPS) is 19.8. The second-order valence-electron chi connectivity index (χ2n) is 6.76. The van der Waals surface area contributed by atoms with E-state index in [1.807, 2.05) is 6.92 Å². The van der Waals surface area contributed by atoms with Crippen molar-refractivity contribution < 1.29 is 19.5 Å². The van der Waals surface area contributed by atoms with Gasteiger partial charge in [-0.15, -0.1) is 0 Å². The van der Waals surface area contributed by atoms with Gasteiger partial charge in [0, 0.05) is 23.7 Å². The summed E-state index contributed by atoms with van der Waals surface area (Å²) >= 11 is 0. The highest BCUT2D eigenvalue weighted by Crippen LogP contribution is 2.38. The summed E-state index contributed by atoms with van der Waals surface area (Å²) < 4.78 is 0. The largest absolute Gasteiger partial charge is 0.481 e. The monoisotopic (exact) mass is 318 g/mol. The average Bonchev–Trinajstić information content (AvgIpc) is 3.22. The van der Waals surface area contributed by atoms with Gasteiger partial charge in [-0.25, -0.2) is 0 Å². The van der Waals surface area contributed by atoms with Crippen LogP contribution < -0.4 is 10.6 Å². The van der Waals surface area contributed by atoms with Crippen LogP contribution in [-0.4, -0.2) is 29.4 Å². The zero-order valence-electron chi connectivity index (χ0n) is 13.6. The molecule has 0 radical (unpaired) electrons. The molecule has 1 fully saturated rings. The van der Waals surface area contributed by atoms with Crippen LogP contribution in [0.25, 0.3) is 0 Å². The van der Waals surface area contributed by atoms with Crippen LogP contribution in [0.3, 0.4) is 0 Å². The lowest BCUT2D eigenvalue weighted by molar-refractivity contribution is -0.146. The van der Waals surface area contributed by atoms with E-state index in [9.17, 15) is 14.4 Å². The molecule has 1 aliphatic carbocycles. The van der Waals surface area contributed by atoms with Gasteiger partial charge < -0.3 is 15.7 Å². The first-order valence-electron chi connectivity index (χ1n) is 7.63. The van der Waals surface area contributed by atoms with Crippen LogP contribution in [0, 0.1) is 17.3 Å². The maximum Gasteiger partial charge on any atom is 0.310 e. The molecule has 1 aromatic carbocycles. The topological polar surface area (TPSA) is 95.5 Å². The lowest BCUT2D eigenvalue weighted by Crippen LogP contribution is -2.38. The number of rotatable bonds is 6. The van der Waals surface area contributed by atoms with E-state index >= 15 is 0 Å². The number of hydrogen-bond donors (Lipinski definition) is 3. The lowest BCUT2D eigenvalue weighted by Gasteiger charge is -2.19. The van der Waals surface area contributed by atoms with E-state index in [0.29, 0.717) is 17.2 Å². The lowest BCUT2D eigenvalue weighted by atomic mass is 9.94. The summed E-state index contributed by atoms with van der Waals surface area (Å²) in [5.74, 6) is -0.759. The summed E-state index contributed by atoms with van der Waals surface area (Å²) in [6.07, 6.45) is 0.922. The number of carbonyl (C=O) groups excluding carboxylic acids is 2. The molecule has 2 amide bonds. The standard InChI is InChI=1S/C17H22N2O4/c1-10-8-13(10)15(21)19-12-6-4-11(5-7-12)14(20)18-9-17(2,3)16(22)23/h4-7,10,13H,8-9H2,1-3H3,(H,18,20)(H,19,21)(H,22,23). The highest BCUT2D eigenvalue weighted by atomic mass is 16.4. The molecule has 1 saturated carbocycles. The van der Waals surface area contributed by atoms with Crippen molar-refractivity contribution in [2.75, 3.05) is 11.9 Å². The number of carboxylic acid groups (broad SMARTS) is 1. The van der Waals surface area contributed by atoms with Crippen LogP contribution in [-0.2, 0) is 9.59 Å². The number of nitrogens with one attached hydrogen (secondary N) is 2. The number of carboxylic acids is 1. The molecule has 0 spiro atoms. The predicted octanol–water partition coefficient (Wildman–Crippen LogP) is 2.12. The van der Waals surface area contributed by atoms with Crippen molar-refractivity contribution in [3.63, 3.8) is 0 Å². The number of amides is 2.